The molecule has 3 heteroatoms. The Hall–Kier alpha value is -1.51. The average molecular weight is 192 g/mol. The Morgan fingerprint density at radius 3 is 2.14 bits per heavy atom. The van der Waals surface area contributed by atoms with Gasteiger partial charge in [0.15, 0.2) is 0 Å². The number of aryl methyl sites for hydroxylation is 2. The van der Waals surface area contributed by atoms with Crippen LogP contribution in [0.15, 0.2) is 18.2 Å². The lowest BCUT2D eigenvalue weighted by Crippen LogP contribution is -2.21. The van der Waals surface area contributed by atoms with Crippen LogP contribution in [0.25, 0.3) is 0 Å². The highest BCUT2D eigenvalue weighted by molar-refractivity contribution is 5.89. The van der Waals surface area contributed by atoms with Crippen molar-refractivity contribution in [2.24, 2.45) is 5.73 Å². The number of nitrogens with two attached hydrogens (primary N) is 1. The van der Waals surface area contributed by atoms with Gasteiger partial charge in [-0.2, -0.15) is 0 Å². The zero-order valence-electron chi connectivity index (χ0n) is 8.63. The third kappa shape index (κ3) is 2.25. The Morgan fingerprint density at radius 2 is 1.79 bits per heavy atom. The minimum Gasteiger partial charge on any atom is -0.351 e. The van der Waals surface area contributed by atoms with E-state index in [1.807, 2.05) is 18.2 Å². The molecule has 76 valence electrons. The van der Waals surface area contributed by atoms with Crippen LogP contribution in [0.2, 0.25) is 0 Å². The van der Waals surface area contributed by atoms with Crippen LogP contribution in [0.3, 0.4) is 0 Å². The average Bonchev–Trinajstić information content (AvgIpc) is 2.17. The minimum absolute atomic E-state index is 0.499. The van der Waals surface area contributed by atoms with E-state index in [0.29, 0.717) is 0 Å². The van der Waals surface area contributed by atoms with Gasteiger partial charge in [0.1, 0.15) is 0 Å². The van der Waals surface area contributed by atoms with E-state index in [2.05, 4.69) is 19.2 Å². The predicted molar refractivity (Wildman–Crippen MR) is 58.4 cm³/mol. The first-order valence-corrected chi connectivity index (χ1v) is 4.86. The maximum absolute atomic E-state index is 10.8. The standard InChI is InChI=1S/C11H16N2O/c1-3-8-6-5-7-9(4-2)10(8)13-11(12)14/h5-7H,3-4H2,1-2H3,(H3,12,13,14). The second-order valence-electron chi connectivity index (χ2n) is 3.15. The Bertz CT molecular complexity index is 312. The van der Waals surface area contributed by atoms with Gasteiger partial charge in [0.2, 0.25) is 0 Å². The maximum Gasteiger partial charge on any atom is 0.316 e. The van der Waals surface area contributed by atoms with Gasteiger partial charge in [-0.3, -0.25) is 0 Å². The van der Waals surface area contributed by atoms with Crippen LogP contribution in [0.4, 0.5) is 10.5 Å². The van der Waals surface area contributed by atoms with Crippen LogP contribution in [-0.4, -0.2) is 6.03 Å². The van der Waals surface area contributed by atoms with Gasteiger partial charge in [-0.05, 0) is 24.0 Å². The van der Waals surface area contributed by atoms with Gasteiger partial charge >= 0.3 is 6.03 Å². The molecule has 2 amide bonds. The SMILES string of the molecule is CCc1cccc(CC)c1NC(N)=O. The van der Waals surface area contributed by atoms with Gasteiger partial charge < -0.3 is 11.1 Å². The lowest BCUT2D eigenvalue weighted by atomic mass is 10.0. The van der Waals surface area contributed by atoms with Crippen molar-refractivity contribution in [3.63, 3.8) is 0 Å². The third-order valence-electron chi connectivity index (χ3n) is 2.25. The van der Waals surface area contributed by atoms with Crippen molar-refractivity contribution in [3.05, 3.63) is 29.3 Å². The number of amides is 2. The van der Waals surface area contributed by atoms with Crippen LogP contribution < -0.4 is 11.1 Å². The summed E-state index contributed by atoms with van der Waals surface area (Å²) in [7, 11) is 0. The molecule has 3 N–H and O–H groups in total. The molecule has 0 aliphatic heterocycles. The molecule has 3 nitrogen and oxygen atoms in total. The molecule has 14 heavy (non-hydrogen) atoms. The molecule has 1 aromatic rings. The van der Waals surface area contributed by atoms with Crippen LogP contribution >= 0.6 is 0 Å². The molecular weight excluding hydrogens is 176 g/mol. The van der Waals surface area contributed by atoms with E-state index in [4.69, 9.17) is 5.73 Å². The topological polar surface area (TPSA) is 55.1 Å². The third-order valence-corrected chi connectivity index (χ3v) is 2.25. The van der Waals surface area contributed by atoms with Gasteiger partial charge in [-0.15, -0.1) is 0 Å². The zero-order valence-corrected chi connectivity index (χ0v) is 8.63. The normalized spacial score (nSPS) is 9.86. The number of anilines is 1. The summed E-state index contributed by atoms with van der Waals surface area (Å²) in [5.74, 6) is 0. The number of carbonyl (C=O) groups is 1. The highest BCUT2D eigenvalue weighted by Crippen LogP contribution is 2.22. The molecule has 0 fully saturated rings. The zero-order chi connectivity index (χ0) is 10.6. The second kappa shape index (κ2) is 4.65. The lowest BCUT2D eigenvalue weighted by Gasteiger charge is -2.12. The number of hydrogen-bond donors (Lipinski definition) is 2. The summed E-state index contributed by atoms with van der Waals surface area (Å²) in [5, 5.41) is 2.68. The lowest BCUT2D eigenvalue weighted by molar-refractivity contribution is 0.259. The number of primary amides is 1. The van der Waals surface area contributed by atoms with E-state index in [1.54, 1.807) is 0 Å². The smallest absolute Gasteiger partial charge is 0.316 e. The van der Waals surface area contributed by atoms with Crippen molar-refractivity contribution < 1.29 is 4.79 Å². The summed E-state index contributed by atoms with van der Waals surface area (Å²) in [6, 6.07) is 5.51. The molecule has 1 aromatic carbocycles. The number of para-hydroxylation sites is 1. The van der Waals surface area contributed by atoms with Crippen LogP contribution in [0.5, 0.6) is 0 Å². The van der Waals surface area contributed by atoms with E-state index >= 15 is 0 Å². The van der Waals surface area contributed by atoms with E-state index in [-0.39, 0.29) is 0 Å². The number of urea groups is 1. The predicted octanol–water partition coefficient (Wildman–Crippen LogP) is 2.30. The van der Waals surface area contributed by atoms with Crippen molar-refractivity contribution in [1.82, 2.24) is 0 Å². The van der Waals surface area contributed by atoms with Crippen LogP contribution in [-0.2, 0) is 12.8 Å². The fraction of sp³-hybridized carbons (Fsp3) is 0.364. The van der Waals surface area contributed by atoms with Crippen LogP contribution in [0, 0.1) is 0 Å². The van der Waals surface area contributed by atoms with Crippen LogP contribution in [0.1, 0.15) is 25.0 Å². The highest BCUT2D eigenvalue weighted by Gasteiger charge is 2.06. The molecular formula is C11H16N2O. The molecule has 0 aliphatic rings. The molecule has 0 atom stereocenters. The van der Waals surface area contributed by atoms with Gasteiger partial charge in [0.25, 0.3) is 0 Å². The molecule has 0 saturated carbocycles. The summed E-state index contributed by atoms with van der Waals surface area (Å²) < 4.78 is 0. The number of rotatable bonds is 3. The van der Waals surface area contributed by atoms with Crippen molar-refractivity contribution in [2.45, 2.75) is 26.7 Å². The maximum atomic E-state index is 10.8. The molecule has 0 spiro atoms. The van der Waals surface area contributed by atoms with Crippen molar-refractivity contribution >= 4 is 11.7 Å². The monoisotopic (exact) mass is 192 g/mol. The summed E-state index contributed by atoms with van der Waals surface area (Å²) in [4.78, 5) is 10.8. The number of hydrogen-bond acceptors (Lipinski definition) is 1. The Morgan fingerprint density at radius 1 is 1.29 bits per heavy atom. The minimum atomic E-state index is -0.499. The Balaban J connectivity index is 3.12. The van der Waals surface area contributed by atoms with Gasteiger partial charge in [-0.25, -0.2) is 4.79 Å². The molecule has 0 saturated heterocycles. The van der Waals surface area contributed by atoms with E-state index in [9.17, 15) is 4.79 Å². The molecule has 0 radical (unpaired) electrons. The Labute approximate surface area is 84.3 Å². The highest BCUT2D eigenvalue weighted by atomic mass is 16.2. The number of benzene rings is 1. The fourth-order valence-corrected chi connectivity index (χ4v) is 1.53. The summed E-state index contributed by atoms with van der Waals surface area (Å²) in [6.45, 7) is 4.11. The van der Waals surface area contributed by atoms with Gasteiger partial charge in [0.05, 0.1) is 0 Å². The van der Waals surface area contributed by atoms with Crippen molar-refractivity contribution in [3.8, 4) is 0 Å². The molecule has 1 rings (SSSR count). The van der Waals surface area contributed by atoms with Gasteiger partial charge in [0, 0.05) is 5.69 Å². The summed E-state index contributed by atoms with van der Waals surface area (Å²) >= 11 is 0. The fourth-order valence-electron chi connectivity index (χ4n) is 1.53. The molecule has 0 aliphatic carbocycles. The first-order valence-electron chi connectivity index (χ1n) is 4.86. The largest absolute Gasteiger partial charge is 0.351 e. The Kier molecular flexibility index (Phi) is 3.51. The van der Waals surface area contributed by atoms with E-state index in [0.717, 1.165) is 29.7 Å². The summed E-state index contributed by atoms with van der Waals surface area (Å²) in [6.07, 6.45) is 1.78. The van der Waals surface area contributed by atoms with E-state index < -0.39 is 6.03 Å². The van der Waals surface area contributed by atoms with E-state index in [1.165, 1.54) is 0 Å². The molecule has 0 bridgehead atoms. The summed E-state index contributed by atoms with van der Waals surface area (Å²) in [5.41, 5.74) is 8.26. The number of carbonyl (C=O) groups excluding carboxylic acids is 1. The molecule has 0 heterocycles. The molecule has 0 aromatic heterocycles. The quantitative estimate of drug-likeness (QED) is 0.758. The first-order chi connectivity index (χ1) is 6.69. The number of nitrogens with one attached hydrogen (secondary N) is 1. The van der Waals surface area contributed by atoms with Gasteiger partial charge in [-0.1, -0.05) is 32.0 Å². The second-order valence-corrected chi connectivity index (χ2v) is 3.15. The van der Waals surface area contributed by atoms with Crippen molar-refractivity contribution in [1.29, 1.82) is 0 Å². The van der Waals surface area contributed by atoms with Crippen molar-refractivity contribution in [2.75, 3.05) is 5.32 Å². The first kappa shape index (κ1) is 10.6. The molecule has 0 unspecified atom stereocenters.